The van der Waals surface area contributed by atoms with Crippen LogP contribution >= 0.6 is 0 Å². The lowest BCUT2D eigenvalue weighted by molar-refractivity contribution is 0.0786. The van der Waals surface area contributed by atoms with Crippen molar-refractivity contribution in [1.82, 2.24) is 10.2 Å². The van der Waals surface area contributed by atoms with Crippen molar-refractivity contribution in [3.8, 4) is 0 Å². The molecule has 0 amide bonds. The highest BCUT2D eigenvalue weighted by atomic mass is 16.5. The van der Waals surface area contributed by atoms with Gasteiger partial charge in [-0.1, -0.05) is 13.8 Å². The second-order valence-corrected chi connectivity index (χ2v) is 5.86. The van der Waals surface area contributed by atoms with Crippen molar-refractivity contribution in [3.05, 3.63) is 0 Å². The molecule has 1 saturated heterocycles. The zero-order chi connectivity index (χ0) is 12.8. The maximum Gasteiger partial charge on any atom is 0.0613 e. The van der Waals surface area contributed by atoms with Crippen LogP contribution < -0.4 is 5.32 Å². The van der Waals surface area contributed by atoms with Crippen LogP contribution in [-0.4, -0.2) is 50.3 Å². The van der Waals surface area contributed by atoms with E-state index in [9.17, 15) is 0 Å². The van der Waals surface area contributed by atoms with Crippen LogP contribution in [0, 0.1) is 11.8 Å². The van der Waals surface area contributed by atoms with E-state index in [1.54, 1.807) is 7.11 Å². The third kappa shape index (κ3) is 4.94. The van der Waals surface area contributed by atoms with Crippen molar-refractivity contribution in [2.75, 3.05) is 33.4 Å². The number of hydrogen-bond donors (Lipinski definition) is 1. The molecule has 1 heterocycles. The fourth-order valence-corrected chi connectivity index (χ4v) is 2.89. The highest BCUT2D eigenvalue weighted by Gasteiger charge is 2.28. The largest absolute Gasteiger partial charge is 0.383 e. The molecular formula is C14H30N2O. The van der Waals surface area contributed by atoms with Gasteiger partial charge in [0, 0.05) is 38.8 Å². The first-order valence-corrected chi connectivity index (χ1v) is 7.01. The van der Waals surface area contributed by atoms with E-state index < -0.39 is 0 Å². The summed E-state index contributed by atoms with van der Waals surface area (Å²) < 4.78 is 5.13. The molecule has 0 bridgehead atoms. The van der Waals surface area contributed by atoms with Crippen molar-refractivity contribution in [3.63, 3.8) is 0 Å². The molecule has 1 aliphatic rings. The van der Waals surface area contributed by atoms with Gasteiger partial charge in [-0.3, -0.25) is 4.90 Å². The van der Waals surface area contributed by atoms with E-state index in [-0.39, 0.29) is 0 Å². The molecule has 4 atom stereocenters. The summed E-state index contributed by atoms with van der Waals surface area (Å²) >= 11 is 0. The summed E-state index contributed by atoms with van der Waals surface area (Å²) in [5.41, 5.74) is 0. The smallest absolute Gasteiger partial charge is 0.0613 e. The number of piperidine rings is 1. The minimum Gasteiger partial charge on any atom is -0.383 e. The van der Waals surface area contributed by atoms with E-state index in [0.717, 1.165) is 37.6 Å². The molecule has 0 aromatic rings. The fourth-order valence-electron chi connectivity index (χ4n) is 2.89. The van der Waals surface area contributed by atoms with E-state index in [4.69, 9.17) is 4.74 Å². The first-order chi connectivity index (χ1) is 8.04. The van der Waals surface area contributed by atoms with Gasteiger partial charge >= 0.3 is 0 Å². The summed E-state index contributed by atoms with van der Waals surface area (Å²) in [6.07, 6.45) is 1.38. The Morgan fingerprint density at radius 3 is 2.71 bits per heavy atom. The molecule has 102 valence electrons. The van der Waals surface area contributed by atoms with Crippen molar-refractivity contribution in [2.45, 2.75) is 46.2 Å². The number of methoxy groups -OCH3 is 1. The molecule has 0 spiro atoms. The lowest BCUT2D eigenvalue weighted by Crippen LogP contribution is -2.48. The Bertz CT molecular complexity index is 210. The Labute approximate surface area is 107 Å². The van der Waals surface area contributed by atoms with Crippen LogP contribution in [0.2, 0.25) is 0 Å². The molecule has 3 nitrogen and oxygen atoms in total. The van der Waals surface area contributed by atoms with Crippen LogP contribution in [0.25, 0.3) is 0 Å². The molecule has 17 heavy (non-hydrogen) atoms. The van der Waals surface area contributed by atoms with Gasteiger partial charge in [0.1, 0.15) is 0 Å². The van der Waals surface area contributed by atoms with Crippen LogP contribution in [-0.2, 0) is 4.74 Å². The summed E-state index contributed by atoms with van der Waals surface area (Å²) in [7, 11) is 1.76. The first kappa shape index (κ1) is 14.9. The first-order valence-electron chi connectivity index (χ1n) is 7.01. The van der Waals surface area contributed by atoms with Gasteiger partial charge in [-0.15, -0.1) is 0 Å². The van der Waals surface area contributed by atoms with Crippen LogP contribution in [0.1, 0.15) is 34.1 Å². The van der Waals surface area contributed by atoms with Gasteiger partial charge in [-0.25, -0.2) is 0 Å². The second kappa shape index (κ2) is 7.34. The molecule has 1 aliphatic heterocycles. The topological polar surface area (TPSA) is 24.5 Å². The number of likely N-dealkylation sites (tertiary alicyclic amines) is 1. The summed E-state index contributed by atoms with van der Waals surface area (Å²) in [5, 5.41) is 3.51. The molecule has 0 aromatic carbocycles. The van der Waals surface area contributed by atoms with Crippen molar-refractivity contribution in [1.29, 1.82) is 0 Å². The molecule has 4 unspecified atom stereocenters. The van der Waals surface area contributed by atoms with Gasteiger partial charge in [0.15, 0.2) is 0 Å². The minimum atomic E-state index is 0.454. The third-order valence-electron chi connectivity index (χ3n) is 4.03. The Balaban J connectivity index is 2.25. The number of rotatable bonds is 6. The van der Waals surface area contributed by atoms with E-state index in [1.165, 1.54) is 13.0 Å². The normalized spacial score (nSPS) is 32.6. The van der Waals surface area contributed by atoms with Crippen molar-refractivity contribution < 1.29 is 4.74 Å². The van der Waals surface area contributed by atoms with Gasteiger partial charge < -0.3 is 10.1 Å². The highest BCUT2D eigenvalue weighted by molar-refractivity contribution is 4.82. The molecule has 0 aromatic heterocycles. The number of nitrogens with zero attached hydrogens (tertiary/aromatic N) is 1. The zero-order valence-electron chi connectivity index (χ0n) is 12.2. The minimum absolute atomic E-state index is 0.454. The Morgan fingerprint density at radius 2 is 2.06 bits per heavy atom. The van der Waals surface area contributed by atoms with Crippen LogP contribution in [0.4, 0.5) is 0 Å². The summed E-state index contributed by atoms with van der Waals surface area (Å²) in [4.78, 5) is 2.63. The monoisotopic (exact) mass is 242 g/mol. The SMILES string of the molecule is COCC(C)NCCN1CC(C)CC(C)C1C. The Kier molecular flexibility index (Phi) is 6.45. The molecule has 0 saturated carbocycles. The van der Waals surface area contributed by atoms with Crippen LogP contribution in [0.5, 0.6) is 0 Å². The van der Waals surface area contributed by atoms with Crippen molar-refractivity contribution >= 4 is 0 Å². The van der Waals surface area contributed by atoms with E-state index in [2.05, 4.69) is 37.9 Å². The fraction of sp³-hybridized carbons (Fsp3) is 1.00. The summed E-state index contributed by atoms with van der Waals surface area (Å²) in [5.74, 6) is 1.67. The molecule has 3 heteroatoms. The molecule has 0 aliphatic carbocycles. The average molecular weight is 242 g/mol. The van der Waals surface area contributed by atoms with Crippen LogP contribution in [0.3, 0.4) is 0 Å². The van der Waals surface area contributed by atoms with Gasteiger partial charge in [-0.2, -0.15) is 0 Å². The molecule has 1 fully saturated rings. The standard InChI is InChI=1S/C14H30N2O/c1-11-8-12(2)14(4)16(9-11)7-6-15-13(3)10-17-5/h11-15H,6-10H2,1-5H3. The average Bonchev–Trinajstić information content (AvgIpc) is 2.25. The summed E-state index contributed by atoms with van der Waals surface area (Å²) in [6.45, 7) is 13.6. The van der Waals surface area contributed by atoms with Gasteiger partial charge in [0.25, 0.3) is 0 Å². The third-order valence-corrected chi connectivity index (χ3v) is 4.03. The number of hydrogen-bond acceptors (Lipinski definition) is 3. The van der Waals surface area contributed by atoms with E-state index >= 15 is 0 Å². The van der Waals surface area contributed by atoms with Gasteiger partial charge in [0.2, 0.25) is 0 Å². The molecule has 0 radical (unpaired) electrons. The maximum absolute atomic E-state index is 5.13. The van der Waals surface area contributed by atoms with Gasteiger partial charge in [0.05, 0.1) is 6.61 Å². The van der Waals surface area contributed by atoms with Crippen LogP contribution in [0.15, 0.2) is 0 Å². The Morgan fingerprint density at radius 1 is 1.35 bits per heavy atom. The Hall–Kier alpha value is -0.120. The lowest BCUT2D eigenvalue weighted by atomic mass is 9.86. The van der Waals surface area contributed by atoms with Gasteiger partial charge in [-0.05, 0) is 32.1 Å². The molecular weight excluding hydrogens is 212 g/mol. The number of ether oxygens (including phenoxy) is 1. The van der Waals surface area contributed by atoms with Crippen molar-refractivity contribution in [2.24, 2.45) is 11.8 Å². The van der Waals surface area contributed by atoms with E-state index in [1.807, 2.05) is 0 Å². The summed E-state index contributed by atoms with van der Waals surface area (Å²) in [6, 6.07) is 1.18. The molecule has 1 rings (SSSR count). The molecule has 1 N–H and O–H groups in total. The number of nitrogens with one attached hydrogen (secondary N) is 1. The maximum atomic E-state index is 5.13. The van der Waals surface area contributed by atoms with E-state index in [0.29, 0.717) is 6.04 Å². The predicted octanol–water partition coefficient (Wildman–Crippen LogP) is 1.98. The predicted molar refractivity (Wildman–Crippen MR) is 73.3 cm³/mol. The second-order valence-electron chi connectivity index (χ2n) is 5.86. The quantitative estimate of drug-likeness (QED) is 0.771. The lowest BCUT2D eigenvalue weighted by Gasteiger charge is -2.41. The zero-order valence-corrected chi connectivity index (χ0v) is 12.2. The highest BCUT2D eigenvalue weighted by Crippen LogP contribution is 2.26.